The lowest BCUT2D eigenvalue weighted by Gasteiger charge is -2.32. The van der Waals surface area contributed by atoms with Crippen molar-refractivity contribution in [3.8, 4) is 5.75 Å². The number of benzene rings is 1. The van der Waals surface area contributed by atoms with Gasteiger partial charge in [0.15, 0.2) is 0 Å². The molecule has 0 fully saturated rings. The molecule has 4 N–H and O–H groups in total. The zero-order valence-electron chi connectivity index (χ0n) is 13.4. The highest BCUT2D eigenvalue weighted by atomic mass is 16.3. The highest BCUT2D eigenvalue weighted by Crippen LogP contribution is 2.33. The second-order valence-corrected chi connectivity index (χ2v) is 6.07. The number of nitrogens with two attached hydrogens (primary N) is 1. The van der Waals surface area contributed by atoms with Gasteiger partial charge in [0.05, 0.1) is 29.8 Å². The van der Waals surface area contributed by atoms with Gasteiger partial charge in [-0.2, -0.15) is 0 Å². The average Bonchev–Trinajstić information content (AvgIpc) is 3.09. The Kier molecular flexibility index (Phi) is 3.61. The number of nitrogens with one attached hydrogen (secondary N) is 1. The molecule has 0 aliphatic carbocycles. The smallest absolute Gasteiger partial charge is 0.255 e. The Bertz CT molecular complexity index is 919. The van der Waals surface area contributed by atoms with Crippen molar-refractivity contribution in [2.45, 2.75) is 12.5 Å². The average molecular weight is 335 g/mol. The first-order valence-corrected chi connectivity index (χ1v) is 7.93. The molecule has 1 amide bonds. The SMILES string of the molecule is Nc1ccc(C(=O)N2Cc3[nH]cnc3C(c3cccc(O)c3)C2)cn1. The Morgan fingerprint density at radius 1 is 1.28 bits per heavy atom. The fourth-order valence-electron chi connectivity index (χ4n) is 3.19. The highest BCUT2D eigenvalue weighted by Gasteiger charge is 2.32. The second kappa shape index (κ2) is 5.94. The first-order chi connectivity index (χ1) is 12.1. The number of carbonyl (C=O) groups is 1. The molecule has 1 aromatic carbocycles. The molecule has 7 nitrogen and oxygen atoms in total. The van der Waals surface area contributed by atoms with Crippen LogP contribution in [0.2, 0.25) is 0 Å². The Morgan fingerprint density at radius 3 is 2.92 bits per heavy atom. The third-order valence-electron chi connectivity index (χ3n) is 4.43. The van der Waals surface area contributed by atoms with Crippen LogP contribution in [0.5, 0.6) is 5.75 Å². The van der Waals surface area contributed by atoms with Gasteiger partial charge in [-0.15, -0.1) is 0 Å². The monoisotopic (exact) mass is 335 g/mol. The first kappa shape index (κ1) is 15.2. The largest absolute Gasteiger partial charge is 0.508 e. The molecule has 0 saturated heterocycles. The maximum atomic E-state index is 12.8. The molecule has 4 rings (SSSR count). The molecule has 1 unspecified atom stereocenters. The number of phenolic OH excluding ortho intramolecular Hbond substituents is 1. The van der Waals surface area contributed by atoms with Gasteiger partial charge in [-0.3, -0.25) is 4.79 Å². The molecule has 1 atom stereocenters. The molecule has 3 heterocycles. The quantitative estimate of drug-likeness (QED) is 0.663. The number of nitrogens with zero attached hydrogens (tertiary/aromatic N) is 3. The number of hydrogen-bond acceptors (Lipinski definition) is 5. The van der Waals surface area contributed by atoms with E-state index in [1.807, 2.05) is 6.07 Å². The summed E-state index contributed by atoms with van der Waals surface area (Å²) in [6, 6.07) is 10.4. The third-order valence-corrected chi connectivity index (χ3v) is 4.43. The Hall–Kier alpha value is -3.35. The van der Waals surface area contributed by atoms with Gasteiger partial charge in [-0.05, 0) is 29.8 Å². The summed E-state index contributed by atoms with van der Waals surface area (Å²) < 4.78 is 0. The third kappa shape index (κ3) is 2.80. The standard InChI is InChI=1S/C18H17N5O2/c19-16-5-4-12(7-20-16)18(25)23-8-14(11-2-1-3-13(24)6-11)17-15(9-23)21-10-22-17/h1-7,10,14,24H,8-9H2,(H2,19,20)(H,21,22). The van der Waals surface area contributed by atoms with Crippen LogP contribution in [0.4, 0.5) is 5.82 Å². The summed E-state index contributed by atoms with van der Waals surface area (Å²) in [5, 5.41) is 9.79. The van der Waals surface area contributed by atoms with Gasteiger partial charge < -0.3 is 20.7 Å². The van der Waals surface area contributed by atoms with Crippen LogP contribution in [0.25, 0.3) is 0 Å². The number of anilines is 1. The van der Waals surface area contributed by atoms with Gasteiger partial charge in [-0.1, -0.05) is 12.1 Å². The van der Waals surface area contributed by atoms with E-state index >= 15 is 0 Å². The van der Waals surface area contributed by atoms with Gasteiger partial charge in [0, 0.05) is 18.7 Å². The number of amides is 1. The van der Waals surface area contributed by atoms with E-state index in [-0.39, 0.29) is 17.6 Å². The Morgan fingerprint density at radius 2 is 2.16 bits per heavy atom. The number of pyridine rings is 1. The van der Waals surface area contributed by atoms with Crippen molar-refractivity contribution < 1.29 is 9.90 Å². The molecule has 2 aromatic heterocycles. The van der Waals surface area contributed by atoms with E-state index in [0.717, 1.165) is 17.0 Å². The van der Waals surface area contributed by atoms with E-state index in [0.29, 0.717) is 24.5 Å². The van der Waals surface area contributed by atoms with E-state index in [2.05, 4.69) is 15.0 Å². The van der Waals surface area contributed by atoms with Crippen molar-refractivity contribution in [2.24, 2.45) is 0 Å². The number of phenols is 1. The molecule has 1 aliphatic heterocycles. The summed E-state index contributed by atoms with van der Waals surface area (Å²) in [6.07, 6.45) is 3.13. The topological polar surface area (TPSA) is 108 Å². The zero-order chi connectivity index (χ0) is 17.4. The molecular formula is C18H17N5O2. The minimum atomic E-state index is -0.113. The van der Waals surface area contributed by atoms with Crippen LogP contribution in [-0.4, -0.2) is 37.4 Å². The fraction of sp³-hybridized carbons (Fsp3) is 0.167. The number of H-pyrrole nitrogens is 1. The Balaban J connectivity index is 1.68. The van der Waals surface area contributed by atoms with Gasteiger partial charge in [0.25, 0.3) is 5.91 Å². The van der Waals surface area contributed by atoms with Crippen molar-refractivity contribution in [3.05, 3.63) is 71.4 Å². The van der Waals surface area contributed by atoms with Gasteiger partial charge in [-0.25, -0.2) is 9.97 Å². The summed E-state index contributed by atoms with van der Waals surface area (Å²) in [6.45, 7) is 0.929. The molecule has 0 bridgehead atoms. The molecule has 0 spiro atoms. The summed E-state index contributed by atoms with van der Waals surface area (Å²) >= 11 is 0. The van der Waals surface area contributed by atoms with Crippen molar-refractivity contribution in [3.63, 3.8) is 0 Å². The number of imidazole rings is 1. The first-order valence-electron chi connectivity index (χ1n) is 7.93. The summed E-state index contributed by atoms with van der Waals surface area (Å²) in [5.74, 6) is 0.357. The minimum absolute atomic E-state index is 0.104. The molecule has 1 aliphatic rings. The molecule has 25 heavy (non-hydrogen) atoms. The second-order valence-electron chi connectivity index (χ2n) is 6.07. The summed E-state index contributed by atoms with van der Waals surface area (Å²) in [7, 11) is 0. The minimum Gasteiger partial charge on any atom is -0.508 e. The van der Waals surface area contributed by atoms with E-state index in [9.17, 15) is 9.90 Å². The predicted molar refractivity (Wildman–Crippen MR) is 91.9 cm³/mol. The molecule has 0 radical (unpaired) electrons. The van der Waals surface area contributed by atoms with Crippen LogP contribution in [0.15, 0.2) is 48.9 Å². The van der Waals surface area contributed by atoms with Crippen LogP contribution < -0.4 is 5.73 Å². The highest BCUT2D eigenvalue weighted by molar-refractivity contribution is 5.94. The van der Waals surface area contributed by atoms with E-state index in [1.54, 1.807) is 41.6 Å². The number of carbonyl (C=O) groups excluding carboxylic acids is 1. The summed E-state index contributed by atoms with van der Waals surface area (Å²) in [5.41, 5.74) is 8.81. The van der Waals surface area contributed by atoms with Crippen LogP contribution in [0.3, 0.4) is 0 Å². The molecule has 0 saturated carbocycles. The molecule has 7 heteroatoms. The Labute approximate surface area is 144 Å². The van der Waals surface area contributed by atoms with E-state index in [4.69, 9.17) is 5.73 Å². The van der Waals surface area contributed by atoms with E-state index in [1.165, 1.54) is 6.20 Å². The molecule has 126 valence electrons. The number of aromatic amines is 1. The number of nitrogen functional groups attached to an aromatic ring is 1. The predicted octanol–water partition coefficient (Wildman–Crippen LogP) is 1.88. The number of aromatic nitrogens is 3. The van der Waals surface area contributed by atoms with Crippen molar-refractivity contribution in [1.29, 1.82) is 0 Å². The normalized spacial score (nSPS) is 16.5. The van der Waals surface area contributed by atoms with Gasteiger partial charge in [0.2, 0.25) is 0 Å². The van der Waals surface area contributed by atoms with Crippen LogP contribution in [-0.2, 0) is 6.54 Å². The number of hydrogen-bond donors (Lipinski definition) is 3. The number of fused-ring (bicyclic) bond motifs is 1. The number of rotatable bonds is 2. The summed E-state index contributed by atoms with van der Waals surface area (Å²) in [4.78, 5) is 26.1. The maximum Gasteiger partial charge on any atom is 0.255 e. The fourth-order valence-corrected chi connectivity index (χ4v) is 3.19. The van der Waals surface area contributed by atoms with Crippen molar-refractivity contribution in [1.82, 2.24) is 19.9 Å². The lowest BCUT2D eigenvalue weighted by molar-refractivity contribution is 0.0721. The number of aromatic hydroxyl groups is 1. The lowest BCUT2D eigenvalue weighted by Crippen LogP contribution is -2.38. The maximum absolute atomic E-state index is 12.8. The van der Waals surface area contributed by atoms with Crippen LogP contribution in [0, 0.1) is 0 Å². The molecular weight excluding hydrogens is 318 g/mol. The van der Waals surface area contributed by atoms with Crippen molar-refractivity contribution >= 4 is 11.7 Å². The molecule has 3 aromatic rings. The van der Waals surface area contributed by atoms with Crippen LogP contribution >= 0.6 is 0 Å². The van der Waals surface area contributed by atoms with Gasteiger partial charge >= 0.3 is 0 Å². The van der Waals surface area contributed by atoms with E-state index < -0.39 is 0 Å². The van der Waals surface area contributed by atoms with Crippen LogP contribution in [0.1, 0.15) is 33.2 Å². The van der Waals surface area contributed by atoms with Crippen molar-refractivity contribution in [2.75, 3.05) is 12.3 Å². The van der Waals surface area contributed by atoms with Gasteiger partial charge in [0.1, 0.15) is 11.6 Å². The zero-order valence-corrected chi connectivity index (χ0v) is 13.4. The lowest BCUT2D eigenvalue weighted by atomic mass is 9.90.